The highest BCUT2D eigenvalue weighted by atomic mass is 16.5. The fraction of sp³-hybridized carbons (Fsp3) is 0.471. The summed E-state index contributed by atoms with van der Waals surface area (Å²) >= 11 is 0. The molecule has 2 aromatic carbocycles. The summed E-state index contributed by atoms with van der Waals surface area (Å²) in [6.45, 7) is 17.7. The lowest BCUT2D eigenvalue weighted by Crippen LogP contribution is -2.49. The lowest BCUT2D eigenvalue weighted by Gasteiger charge is -2.50. The number of aryl methyl sites for hydroxylation is 1. The normalized spacial score (nSPS) is 21.8. The molecule has 1 heterocycles. The van der Waals surface area contributed by atoms with Gasteiger partial charge in [0.25, 0.3) is 5.91 Å². The average molecular weight is 529 g/mol. The topological polar surface area (TPSA) is 71.2 Å². The van der Waals surface area contributed by atoms with Gasteiger partial charge in [0, 0.05) is 29.2 Å². The number of rotatable bonds is 5. The van der Waals surface area contributed by atoms with Crippen LogP contribution in [0.2, 0.25) is 0 Å². The van der Waals surface area contributed by atoms with Crippen LogP contribution in [0, 0.1) is 35.5 Å². The SMILES string of the molecule is Cc1ccccc1C(=O)Nc1[nH]cc(-c2ccccc2)c1C(=O)OC1C(C(C)(C)C)CC(C)CC1C(C)(C)C. The van der Waals surface area contributed by atoms with Gasteiger partial charge in [-0.1, -0.05) is 97.0 Å². The molecule has 39 heavy (non-hydrogen) atoms. The summed E-state index contributed by atoms with van der Waals surface area (Å²) in [6.07, 6.45) is 3.59. The number of hydrogen-bond acceptors (Lipinski definition) is 3. The monoisotopic (exact) mass is 528 g/mol. The Morgan fingerprint density at radius 1 is 0.872 bits per heavy atom. The Balaban J connectivity index is 1.75. The van der Waals surface area contributed by atoms with Crippen LogP contribution in [0.3, 0.4) is 0 Å². The molecular weight excluding hydrogens is 484 g/mol. The molecule has 1 aliphatic rings. The number of esters is 1. The lowest BCUT2D eigenvalue weighted by atomic mass is 9.59. The van der Waals surface area contributed by atoms with Crippen LogP contribution in [-0.2, 0) is 4.74 Å². The molecule has 1 fully saturated rings. The Bertz CT molecular complexity index is 1290. The molecule has 1 aromatic heterocycles. The molecule has 1 amide bonds. The number of carbonyl (C=O) groups excluding carboxylic acids is 2. The maximum Gasteiger partial charge on any atom is 0.342 e. The van der Waals surface area contributed by atoms with E-state index < -0.39 is 5.97 Å². The first kappa shape index (κ1) is 28.7. The van der Waals surface area contributed by atoms with E-state index in [-0.39, 0.29) is 34.7 Å². The lowest BCUT2D eigenvalue weighted by molar-refractivity contribution is -0.0922. The van der Waals surface area contributed by atoms with Gasteiger partial charge >= 0.3 is 5.97 Å². The molecule has 0 spiro atoms. The van der Waals surface area contributed by atoms with Crippen molar-refractivity contribution < 1.29 is 14.3 Å². The number of H-pyrrole nitrogens is 1. The van der Waals surface area contributed by atoms with E-state index in [2.05, 4.69) is 58.8 Å². The number of benzene rings is 2. The van der Waals surface area contributed by atoms with Crippen molar-refractivity contribution in [2.75, 3.05) is 5.32 Å². The summed E-state index contributed by atoms with van der Waals surface area (Å²) in [6, 6.07) is 17.2. The maximum absolute atomic E-state index is 14.2. The minimum Gasteiger partial charge on any atom is -0.458 e. The van der Waals surface area contributed by atoms with E-state index in [1.54, 1.807) is 12.3 Å². The first-order valence-electron chi connectivity index (χ1n) is 14.1. The maximum atomic E-state index is 14.2. The highest BCUT2D eigenvalue weighted by molar-refractivity contribution is 6.10. The zero-order valence-corrected chi connectivity index (χ0v) is 24.7. The van der Waals surface area contributed by atoms with Gasteiger partial charge < -0.3 is 15.0 Å². The molecule has 5 nitrogen and oxygen atoms in total. The standard InChI is InChI=1S/C34H44N2O3/c1-21-18-26(33(3,4)5)29(27(19-21)34(6,7)8)39-32(38)28-25(23-15-10-9-11-16-23)20-35-30(28)36-31(37)24-17-13-12-14-22(24)2/h9-17,20-21,26-27,29,35H,18-19H2,1-8H3,(H,36,37). The second-order valence-corrected chi connectivity index (χ2v) is 13.5. The molecule has 0 saturated heterocycles. The third kappa shape index (κ3) is 6.29. The summed E-state index contributed by atoms with van der Waals surface area (Å²) in [5.41, 5.74) is 3.35. The molecule has 4 rings (SSSR count). The summed E-state index contributed by atoms with van der Waals surface area (Å²) < 4.78 is 6.57. The Hall–Kier alpha value is -3.34. The Labute approximate surface area is 233 Å². The van der Waals surface area contributed by atoms with Crippen molar-refractivity contribution in [2.45, 2.75) is 74.3 Å². The van der Waals surface area contributed by atoms with E-state index in [1.807, 2.05) is 55.5 Å². The van der Waals surface area contributed by atoms with Gasteiger partial charge in [-0.15, -0.1) is 0 Å². The second-order valence-electron chi connectivity index (χ2n) is 13.5. The summed E-state index contributed by atoms with van der Waals surface area (Å²) in [4.78, 5) is 30.6. The van der Waals surface area contributed by atoms with Gasteiger partial charge in [-0.3, -0.25) is 4.79 Å². The van der Waals surface area contributed by atoms with Crippen LogP contribution in [-0.4, -0.2) is 23.0 Å². The largest absolute Gasteiger partial charge is 0.458 e. The van der Waals surface area contributed by atoms with Crippen LogP contribution >= 0.6 is 0 Å². The number of hydrogen-bond donors (Lipinski definition) is 2. The van der Waals surface area contributed by atoms with Crippen molar-refractivity contribution in [3.8, 4) is 11.1 Å². The molecule has 2 unspecified atom stereocenters. The highest BCUT2D eigenvalue weighted by Gasteiger charge is 2.48. The van der Waals surface area contributed by atoms with Gasteiger partial charge in [0.05, 0.1) is 0 Å². The third-order valence-electron chi connectivity index (χ3n) is 8.37. The van der Waals surface area contributed by atoms with E-state index in [0.29, 0.717) is 28.4 Å². The molecule has 2 N–H and O–H groups in total. The van der Waals surface area contributed by atoms with Crippen molar-refractivity contribution in [3.05, 3.63) is 77.5 Å². The highest BCUT2D eigenvalue weighted by Crippen LogP contribution is 2.50. The summed E-state index contributed by atoms with van der Waals surface area (Å²) in [5.74, 6) is 0.686. The van der Waals surface area contributed by atoms with E-state index >= 15 is 0 Å². The number of anilines is 1. The van der Waals surface area contributed by atoms with Gasteiger partial charge in [0.1, 0.15) is 17.5 Å². The molecule has 0 radical (unpaired) electrons. The molecule has 5 heteroatoms. The minimum atomic E-state index is -0.404. The Morgan fingerprint density at radius 2 is 1.44 bits per heavy atom. The van der Waals surface area contributed by atoms with Crippen molar-refractivity contribution in [1.82, 2.24) is 4.98 Å². The van der Waals surface area contributed by atoms with Crippen molar-refractivity contribution >= 4 is 17.7 Å². The van der Waals surface area contributed by atoms with Crippen molar-refractivity contribution in [1.29, 1.82) is 0 Å². The van der Waals surface area contributed by atoms with Gasteiger partial charge in [-0.05, 0) is 53.7 Å². The van der Waals surface area contributed by atoms with Crippen LogP contribution in [0.1, 0.15) is 87.6 Å². The van der Waals surface area contributed by atoms with Crippen molar-refractivity contribution in [2.24, 2.45) is 28.6 Å². The van der Waals surface area contributed by atoms with Gasteiger partial charge in [0.2, 0.25) is 0 Å². The molecular formula is C34H44N2O3. The quantitative estimate of drug-likeness (QED) is 0.326. The van der Waals surface area contributed by atoms with Gasteiger partial charge in [-0.25, -0.2) is 4.79 Å². The van der Waals surface area contributed by atoms with Gasteiger partial charge in [0.15, 0.2) is 0 Å². The molecule has 0 bridgehead atoms. The Kier molecular flexibility index (Phi) is 8.11. The molecule has 208 valence electrons. The number of amides is 1. The number of aromatic nitrogens is 1. The predicted octanol–water partition coefficient (Wildman–Crippen LogP) is 8.52. The van der Waals surface area contributed by atoms with E-state index in [4.69, 9.17) is 4.74 Å². The van der Waals surface area contributed by atoms with E-state index in [9.17, 15) is 9.59 Å². The Morgan fingerprint density at radius 3 is 2.00 bits per heavy atom. The first-order valence-corrected chi connectivity index (χ1v) is 14.1. The first-order chi connectivity index (χ1) is 18.3. The fourth-order valence-corrected chi connectivity index (χ4v) is 6.14. The average Bonchev–Trinajstić information content (AvgIpc) is 3.27. The zero-order chi connectivity index (χ0) is 28.5. The molecule has 3 aromatic rings. The van der Waals surface area contributed by atoms with Crippen LogP contribution in [0.15, 0.2) is 60.8 Å². The predicted molar refractivity (Wildman–Crippen MR) is 159 cm³/mol. The zero-order valence-electron chi connectivity index (χ0n) is 24.7. The number of ether oxygens (including phenoxy) is 1. The number of nitrogens with one attached hydrogen (secondary N) is 2. The van der Waals surface area contributed by atoms with Crippen LogP contribution < -0.4 is 5.32 Å². The summed E-state index contributed by atoms with van der Waals surface area (Å²) in [5, 5.41) is 2.97. The van der Waals surface area contributed by atoms with Crippen molar-refractivity contribution in [3.63, 3.8) is 0 Å². The second kappa shape index (κ2) is 11.0. The smallest absolute Gasteiger partial charge is 0.342 e. The fourth-order valence-electron chi connectivity index (χ4n) is 6.14. The molecule has 1 saturated carbocycles. The number of carbonyl (C=O) groups is 2. The van der Waals surface area contributed by atoms with Crippen LogP contribution in [0.4, 0.5) is 5.82 Å². The number of aromatic amines is 1. The van der Waals surface area contributed by atoms with Gasteiger partial charge in [-0.2, -0.15) is 0 Å². The minimum absolute atomic E-state index is 0.0224. The third-order valence-corrected chi connectivity index (χ3v) is 8.37. The van der Waals surface area contributed by atoms with E-state index in [1.165, 1.54) is 0 Å². The van der Waals surface area contributed by atoms with E-state index in [0.717, 1.165) is 24.0 Å². The molecule has 1 aliphatic carbocycles. The van der Waals surface area contributed by atoms with Crippen LogP contribution in [0.25, 0.3) is 11.1 Å². The molecule has 2 atom stereocenters. The van der Waals surface area contributed by atoms with Crippen LogP contribution in [0.5, 0.6) is 0 Å². The molecule has 0 aliphatic heterocycles. The summed E-state index contributed by atoms with van der Waals surface area (Å²) in [7, 11) is 0.